The highest BCUT2D eigenvalue weighted by atomic mass is 16.2. The standard InChI is InChI=1S/C28H27N7O/c29-13-11-24-17-31-26(22-10-7-19-4-1-2-5-21(19)16-22)35(24)25-12-14-30-28(33-25)32-23-6-3-15-34(18-23)27(36)20-8-9-20/h1-2,4-5,7,10,12,14,16-17,20,23H,3,6,8-9,11,15,18H2,(H,30,32,33)/t23-/m1/s1. The Kier molecular flexibility index (Phi) is 5.82. The summed E-state index contributed by atoms with van der Waals surface area (Å²) in [6, 6.07) is 18.6. The monoisotopic (exact) mass is 477 g/mol. The van der Waals surface area contributed by atoms with E-state index in [4.69, 9.17) is 4.98 Å². The van der Waals surface area contributed by atoms with Crippen LogP contribution in [0.15, 0.2) is 60.9 Å². The van der Waals surface area contributed by atoms with Crippen LogP contribution < -0.4 is 5.32 Å². The Morgan fingerprint density at radius 1 is 1.08 bits per heavy atom. The van der Waals surface area contributed by atoms with E-state index in [0.717, 1.165) is 60.1 Å². The lowest BCUT2D eigenvalue weighted by molar-refractivity contribution is -0.133. The summed E-state index contributed by atoms with van der Waals surface area (Å²) in [4.78, 5) is 28.5. The van der Waals surface area contributed by atoms with Crippen molar-refractivity contribution in [3.05, 3.63) is 66.6 Å². The van der Waals surface area contributed by atoms with Crippen LogP contribution in [0.25, 0.3) is 28.0 Å². The zero-order chi connectivity index (χ0) is 24.5. The second-order valence-corrected chi connectivity index (χ2v) is 9.59. The summed E-state index contributed by atoms with van der Waals surface area (Å²) < 4.78 is 1.93. The molecule has 2 aliphatic rings. The van der Waals surface area contributed by atoms with E-state index < -0.39 is 0 Å². The molecular weight excluding hydrogens is 450 g/mol. The molecule has 1 amide bonds. The molecule has 8 heteroatoms. The van der Waals surface area contributed by atoms with Gasteiger partial charge in [0.1, 0.15) is 11.6 Å². The fourth-order valence-corrected chi connectivity index (χ4v) is 4.99. The van der Waals surface area contributed by atoms with Crippen molar-refractivity contribution in [1.29, 1.82) is 5.26 Å². The number of anilines is 1. The SMILES string of the molecule is N#CCc1cnc(-c2ccc3ccccc3c2)n1-c1ccnc(N[C@@H]2CCCN(C(=O)C3CC3)C2)n1. The number of imidazole rings is 1. The van der Waals surface area contributed by atoms with Crippen LogP contribution in [-0.2, 0) is 11.2 Å². The zero-order valence-electron chi connectivity index (χ0n) is 20.0. The number of benzene rings is 2. The largest absolute Gasteiger partial charge is 0.350 e. The van der Waals surface area contributed by atoms with Gasteiger partial charge >= 0.3 is 0 Å². The van der Waals surface area contributed by atoms with E-state index in [-0.39, 0.29) is 24.3 Å². The second kappa shape index (κ2) is 9.42. The molecule has 1 aliphatic carbocycles. The summed E-state index contributed by atoms with van der Waals surface area (Å²) in [5.74, 6) is 2.42. The number of hydrogen-bond donors (Lipinski definition) is 1. The van der Waals surface area contributed by atoms with Gasteiger partial charge in [-0.15, -0.1) is 0 Å². The number of nitriles is 1. The van der Waals surface area contributed by atoms with Gasteiger partial charge < -0.3 is 10.2 Å². The van der Waals surface area contributed by atoms with E-state index in [1.54, 1.807) is 12.4 Å². The highest BCUT2D eigenvalue weighted by Gasteiger charge is 2.35. The molecule has 0 bridgehead atoms. The molecule has 6 rings (SSSR count). The van der Waals surface area contributed by atoms with Crippen molar-refractivity contribution in [3.63, 3.8) is 0 Å². The number of hydrogen-bond acceptors (Lipinski definition) is 6. The van der Waals surface area contributed by atoms with Crippen LogP contribution in [0.2, 0.25) is 0 Å². The number of carbonyl (C=O) groups excluding carboxylic acids is 1. The maximum Gasteiger partial charge on any atom is 0.225 e. The molecular formula is C28H27N7O. The molecule has 8 nitrogen and oxygen atoms in total. The van der Waals surface area contributed by atoms with Crippen molar-refractivity contribution < 1.29 is 4.79 Å². The minimum absolute atomic E-state index is 0.109. The summed E-state index contributed by atoms with van der Waals surface area (Å²) in [6.07, 6.45) is 7.66. The quantitative estimate of drug-likeness (QED) is 0.443. The van der Waals surface area contributed by atoms with Gasteiger partial charge in [-0.1, -0.05) is 36.4 Å². The van der Waals surface area contributed by atoms with Crippen LogP contribution >= 0.6 is 0 Å². The van der Waals surface area contributed by atoms with Crippen LogP contribution in [-0.4, -0.2) is 49.5 Å². The number of nitrogens with one attached hydrogen (secondary N) is 1. The molecule has 3 heterocycles. The molecule has 1 saturated heterocycles. The summed E-state index contributed by atoms with van der Waals surface area (Å²) in [7, 11) is 0. The Hall–Kier alpha value is -4.25. The average molecular weight is 478 g/mol. The minimum atomic E-state index is 0.109. The molecule has 0 radical (unpaired) electrons. The minimum Gasteiger partial charge on any atom is -0.350 e. The lowest BCUT2D eigenvalue weighted by Crippen LogP contribution is -2.45. The molecule has 2 aromatic carbocycles. The number of rotatable bonds is 6. The maximum absolute atomic E-state index is 12.6. The highest BCUT2D eigenvalue weighted by Crippen LogP contribution is 2.32. The molecule has 36 heavy (non-hydrogen) atoms. The van der Waals surface area contributed by atoms with Gasteiger partial charge in [0.05, 0.1) is 24.4 Å². The van der Waals surface area contributed by atoms with Gasteiger partial charge in [0, 0.05) is 36.8 Å². The molecule has 1 atom stereocenters. The number of likely N-dealkylation sites (tertiary alicyclic amines) is 1. The Labute approximate surface area is 209 Å². The predicted octanol–water partition coefficient (Wildman–Crippen LogP) is 4.36. The first-order valence-corrected chi connectivity index (χ1v) is 12.5. The third-order valence-corrected chi connectivity index (χ3v) is 6.97. The first kappa shape index (κ1) is 22.2. The summed E-state index contributed by atoms with van der Waals surface area (Å²) in [5.41, 5.74) is 1.72. The molecule has 2 fully saturated rings. The molecule has 1 N–H and O–H groups in total. The third kappa shape index (κ3) is 4.40. The Balaban J connectivity index is 1.30. The van der Waals surface area contributed by atoms with Crippen LogP contribution in [0.5, 0.6) is 0 Å². The molecule has 4 aromatic rings. The molecule has 0 spiro atoms. The highest BCUT2D eigenvalue weighted by molar-refractivity contribution is 5.86. The van der Waals surface area contributed by atoms with Gasteiger partial charge in [0.15, 0.2) is 0 Å². The smallest absolute Gasteiger partial charge is 0.225 e. The lowest BCUT2D eigenvalue weighted by Gasteiger charge is -2.33. The summed E-state index contributed by atoms with van der Waals surface area (Å²) >= 11 is 0. The van der Waals surface area contributed by atoms with Crippen LogP contribution in [0.3, 0.4) is 0 Å². The summed E-state index contributed by atoms with van der Waals surface area (Å²) in [6.45, 7) is 1.51. The number of piperidine rings is 1. The lowest BCUT2D eigenvalue weighted by atomic mass is 10.1. The van der Waals surface area contributed by atoms with Crippen molar-refractivity contribution in [2.24, 2.45) is 5.92 Å². The van der Waals surface area contributed by atoms with E-state index >= 15 is 0 Å². The van der Waals surface area contributed by atoms with Crippen molar-refractivity contribution in [2.75, 3.05) is 18.4 Å². The van der Waals surface area contributed by atoms with Crippen molar-refractivity contribution in [2.45, 2.75) is 38.1 Å². The maximum atomic E-state index is 12.6. The molecule has 1 aliphatic heterocycles. The van der Waals surface area contributed by atoms with Crippen LogP contribution in [0, 0.1) is 17.2 Å². The van der Waals surface area contributed by atoms with E-state index in [0.29, 0.717) is 18.3 Å². The van der Waals surface area contributed by atoms with E-state index in [2.05, 4.69) is 45.6 Å². The van der Waals surface area contributed by atoms with Gasteiger partial charge in [-0.2, -0.15) is 10.2 Å². The topological polar surface area (TPSA) is 99.7 Å². The van der Waals surface area contributed by atoms with Gasteiger partial charge in [0.25, 0.3) is 0 Å². The van der Waals surface area contributed by atoms with Gasteiger partial charge in [-0.25, -0.2) is 9.97 Å². The fourth-order valence-electron chi connectivity index (χ4n) is 4.99. The molecule has 180 valence electrons. The average Bonchev–Trinajstić information content (AvgIpc) is 3.68. The Morgan fingerprint density at radius 3 is 2.78 bits per heavy atom. The Bertz CT molecular complexity index is 1470. The molecule has 0 unspecified atom stereocenters. The Morgan fingerprint density at radius 2 is 1.94 bits per heavy atom. The first-order chi connectivity index (χ1) is 17.7. The number of fused-ring (bicyclic) bond motifs is 1. The zero-order valence-corrected chi connectivity index (χ0v) is 20.0. The summed E-state index contributed by atoms with van der Waals surface area (Å²) in [5, 5.41) is 15.2. The first-order valence-electron chi connectivity index (χ1n) is 12.5. The van der Waals surface area contributed by atoms with Gasteiger partial charge in [-0.05, 0) is 48.6 Å². The molecule has 2 aromatic heterocycles. The predicted molar refractivity (Wildman–Crippen MR) is 137 cm³/mol. The van der Waals surface area contributed by atoms with E-state index in [9.17, 15) is 10.1 Å². The number of carbonyl (C=O) groups is 1. The van der Waals surface area contributed by atoms with Crippen molar-refractivity contribution in [1.82, 2.24) is 24.4 Å². The third-order valence-electron chi connectivity index (χ3n) is 6.97. The second-order valence-electron chi connectivity index (χ2n) is 9.59. The number of aromatic nitrogens is 4. The van der Waals surface area contributed by atoms with E-state index in [1.165, 1.54) is 0 Å². The van der Waals surface area contributed by atoms with Crippen molar-refractivity contribution in [3.8, 4) is 23.3 Å². The van der Waals surface area contributed by atoms with Gasteiger partial charge in [0.2, 0.25) is 11.9 Å². The number of nitrogens with zero attached hydrogens (tertiary/aromatic N) is 6. The van der Waals surface area contributed by atoms with Crippen LogP contribution in [0.4, 0.5) is 5.95 Å². The molecule has 1 saturated carbocycles. The van der Waals surface area contributed by atoms with E-state index in [1.807, 2.05) is 33.7 Å². The number of amides is 1. The normalized spacial score (nSPS) is 17.6. The fraction of sp³-hybridized carbons (Fsp3) is 0.321. The van der Waals surface area contributed by atoms with Gasteiger partial charge in [-0.3, -0.25) is 9.36 Å². The van der Waals surface area contributed by atoms with Crippen molar-refractivity contribution >= 4 is 22.6 Å². The van der Waals surface area contributed by atoms with Crippen LogP contribution in [0.1, 0.15) is 31.4 Å².